The molecule has 0 spiro atoms. The van der Waals surface area contributed by atoms with Gasteiger partial charge in [0, 0.05) is 49.8 Å². The fourth-order valence-electron chi connectivity index (χ4n) is 4.39. The van der Waals surface area contributed by atoms with Gasteiger partial charge < -0.3 is 29.5 Å². The first-order valence-corrected chi connectivity index (χ1v) is 13.9. The number of nitrogens with one attached hydrogen (secondary N) is 1. The summed E-state index contributed by atoms with van der Waals surface area (Å²) in [6.07, 6.45) is 5.35. The van der Waals surface area contributed by atoms with Crippen molar-refractivity contribution in [2.75, 3.05) is 65.8 Å². The monoisotopic (exact) mass is 624 g/mol. The van der Waals surface area contributed by atoms with Gasteiger partial charge >= 0.3 is 0 Å². The van der Waals surface area contributed by atoms with Crippen LogP contribution in [0.25, 0.3) is 16.9 Å². The predicted molar refractivity (Wildman–Crippen MR) is 162 cm³/mol. The zero-order valence-electron chi connectivity index (χ0n) is 24.4. The number of anilines is 2. The largest absolute Gasteiger partial charge is 0.476 e. The quantitative estimate of drug-likeness (QED) is 0.289. The SMILES string of the molecule is CN(C)CC=O.CN1CCN(C(=O)c2ccc(Nc3nccn4c(-c5ccc(OCC#N)c(F)c5F)cnc34)cc2Cl)CC1. The third-order valence-corrected chi connectivity index (χ3v) is 7.05. The molecule has 44 heavy (non-hydrogen) atoms. The highest BCUT2D eigenvalue weighted by molar-refractivity contribution is 6.34. The second-order valence-corrected chi connectivity index (χ2v) is 10.6. The lowest BCUT2D eigenvalue weighted by Crippen LogP contribution is -2.47. The number of nitriles is 1. The van der Waals surface area contributed by atoms with Gasteiger partial charge in [-0.1, -0.05) is 11.6 Å². The molecule has 4 aromatic rings. The van der Waals surface area contributed by atoms with Crippen LogP contribution in [0.4, 0.5) is 20.3 Å². The van der Waals surface area contributed by atoms with Gasteiger partial charge in [0.2, 0.25) is 5.82 Å². The van der Waals surface area contributed by atoms with Crippen LogP contribution >= 0.6 is 11.6 Å². The Morgan fingerprint density at radius 1 is 1.16 bits per heavy atom. The topological polar surface area (TPSA) is 119 Å². The van der Waals surface area contributed by atoms with E-state index in [0.29, 0.717) is 53.1 Å². The molecule has 0 saturated carbocycles. The molecule has 1 amide bonds. The number of benzene rings is 2. The zero-order valence-corrected chi connectivity index (χ0v) is 25.2. The van der Waals surface area contributed by atoms with Crippen LogP contribution in [0.15, 0.2) is 48.9 Å². The first kappa shape index (κ1) is 32.3. The normalized spacial score (nSPS) is 13.3. The molecule has 0 aliphatic carbocycles. The van der Waals surface area contributed by atoms with Crippen molar-refractivity contribution in [1.29, 1.82) is 5.26 Å². The summed E-state index contributed by atoms with van der Waals surface area (Å²) in [5.41, 5.74) is 1.61. The standard InChI is InChI=1S/C26H22ClF2N7O2.C4H9NO/c1-34-9-11-35(12-10-34)26(37)17-3-2-16(14-19(17)27)33-24-25-32-15-20(36(25)8-7-31-24)18-4-5-21(38-13-6-30)23(29)22(18)28;1-5(2)3-4-6/h2-5,7-8,14-15H,9-13H2,1H3,(H,31,33);4H,3H2,1-2H3. The lowest BCUT2D eigenvalue weighted by Gasteiger charge is -2.32. The number of hydrogen-bond donors (Lipinski definition) is 1. The van der Waals surface area contributed by atoms with E-state index in [0.717, 1.165) is 19.4 Å². The van der Waals surface area contributed by atoms with Gasteiger partial charge in [-0.2, -0.15) is 9.65 Å². The summed E-state index contributed by atoms with van der Waals surface area (Å²) in [7, 11) is 5.73. The Kier molecular flexibility index (Phi) is 10.8. The van der Waals surface area contributed by atoms with Crippen LogP contribution in [-0.4, -0.2) is 102 Å². The van der Waals surface area contributed by atoms with E-state index in [1.807, 2.05) is 26.0 Å². The zero-order chi connectivity index (χ0) is 31.8. The van der Waals surface area contributed by atoms with Crippen molar-refractivity contribution in [3.8, 4) is 23.1 Å². The van der Waals surface area contributed by atoms with E-state index in [4.69, 9.17) is 21.6 Å². The van der Waals surface area contributed by atoms with E-state index < -0.39 is 18.2 Å². The number of aromatic nitrogens is 3. The van der Waals surface area contributed by atoms with Gasteiger partial charge in [0.15, 0.2) is 29.6 Å². The predicted octanol–water partition coefficient (Wildman–Crippen LogP) is 4.11. The van der Waals surface area contributed by atoms with Crippen LogP contribution in [0, 0.1) is 23.0 Å². The van der Waals surface area contributed by atoms with Crippen molar-refractivity contribution >= 4 is 40.9 Å². The van der Waals surface area contributed by atoms with Crippen LogP contribution in [-0.2, 0) is 4.79 Å². The molecule has 1 N–H and O–H groups in total. The van der Waals surface area contributed by atoms with Crippen molar-refractivity contribution in [3.63, 3.8) is 0 Å². The lowest BCUT2D eigenvalue weighted by atomic mass is 10.1. The Labute approximate surface area is 258 Å². The molecule has 14 heteroatoms. The summed E-state index contributed by atoms with van der Waals surface area (Å²) < 4.78 is 35.9. The minimum Gasteiger partial charge on any atom is -0.476 e. The third kappa shape index (κ3) is 7.46. The van der Waals surface area contributed by atoms with Crippen molar-refractivity contribution in [3.05, 3.63) is 71.1 Å². The maximum Gasteiger partial charge on any atom is 0.255 e. The van der Waals surface area contributed by atoms with E-state index in [9.17, 15) is 18.4 Å². The number of likely N-dealkylation sites (N-methyl/N-ethyl adjacent to an activating group) is 2. The summed E-state index contributed by atoms with van der Waals surface area (Å²) in [5.74, 6) is -2.44. The second-order valence-electron chi connectivity index (χ2n) is 10.1. The van der Waals surface area contributed by atoms with Gasteiger partial charge in [0.25, 0.3) is 5.91 Å². The molecular formula is C30H31ClF2N8O3. The average molecular weight is 625 g/mol. The minimum absolute atomic E-state index is 0.0359. The van der Waals surface area contributed by atoms with Crippen molar-refractivity contribution < 1.29 is 23.1 Å². The molecule has 230 valence electrons. The second kappa shape index (κ2) is 14.7. The molecule has 2 aromatic carbocycles. The first-order chi connectivity index (χ1) is 21.1. The number of nitrogens with zero attached hydrogens (tertiary/aromatic N) is 7. The summed E-state index contributed by atoms with van der Waals surface area (Å²) in [5, 5.41) is 12.0. The van der Waals surface area contributed by atoms with Crippen LogP contribution < -0.4 is 10.1 Å². The first-order valence-electron chi connectivity index (χ1n) is 13.6. The molecule has 11 nitrogen and oxygen atoms in total. The van der Waals surface area contributed by atoms with E-state index in [1.165, 1.54) is 24.5 Å². The van der Waals surface area contributed by atoms with Crippen LogP contribution in [0.3, 0.4) is 0 Å². The van der Waals surface area contributed by atoms with Crippen molar-refractivity contribution in [1.82, 2.24) is 29.1 Å². The van der Waals surface area contributed by atoms with E-state index in [2.05, 4.69) is 20.2 Å². The minimum atomic E-state index is -1.19. The number of imidazole rings is 1. The van der Waals surface area contributed by atoms with Gasteiger partial charge in [0.1, 0.15) is 12.4 Å². The molecule has 0 unspecified atom stereocenters. The molecule has 3 heterocycles. The van der Waals surface area contributed by atoms with Gasteiger partial charge in [-0.05, 0) is 51.5 Å². The van der Waals surface area contributed by atoms with E-state index in [1.54, 1.807) is 39.8 Å². The number of carbonyl (C=O) groups is 2. The molecule has 0 bridgehead atoms. The summed E-state index contributed by atoms with van der Waals surface area (Å²) in [4.78, 5) is 36.9. The average Bonchev–Trinajstić information content (AvgIpc) is 3.43. The fourth-order valence-corrected chi connectivity index (χ4v) is 4.65. The van der Waals surface area contributed by atoms with E-state index >= 15 is 0 Å². The van der Waals surface area contributed by atoms with Gasteiger partial charge in [0.05, 0.1) is 29.0 Å². The number of halogens is 3. The Morgan fingerprint density at radius 3 is 2.55 bits per heavy atom. The number of rotatable bonds is 8. The van der Waals surface area contributed by atoms with Crippen molar-refractivity contribution in [2.24, 2.45) is 0 Å². The summed E-state index contributed by atoms with van der Waals surface area (Å²) in [6.45, 7) is 3.02. The Balaban J connectivity index is 0.000000670. The molecule has 5 rings (SSSR count). The van der Waals surface area contributed by atoms with Gasteiger partial charge in [-0.15, -0.1) is 0 Å². The molecule has 0 radical (unpaired) electrons. The molecule has 1 saturated heterocycles. The molecule has 0 atom stereocenters. The summed E-state index contributed by atoms with van der Waals surface area (Å²) >= 11 is 6.47. The van der Waals surface area contributed by atoms with Crippen LogP contribution in [0.2, 0.25) is 5.02 Å². The molecular weight excluding hydrogens is 594 g/mol. The molecule has 1 aliphatic rings. The third-order valence-electron chi connectivity index (χ3n) is 6.74. The number of fused-ring (bicyclic) bond motifs is 1. The van der Waals surface area contributed by atoms with Crippen LogP contribution in [0.5, 0.6) is 5.75 Å². The molecule has 1 aliphatic heterocycles. The number of carbonyl (C=O) groups excluding carboxylic acids is 2. The number of piperazine rings is 1. The highest BCUT2D eigenvalue weighted by atomic mass is 35.5. The molecule has 2 aromatic heterocycles. The highest BCUT2D eigenvalue weighted by Gasteiger charge is 2.23. The highest BCUT2D eigenvalue weighted by Crippen LogP contribution is 2.32. The fraction of sp³-hybridized carbons (Fsp3) is 0.300. The number of ether oxygens (including phenoxy) is 1. The molecule has 1 fully saturated rings. The smallest absolute Gasteiger partial charge is 0.255 e. The van der Waals surface area contributed by atoms with Gasteiger partial charge in [-0.25, -0.2) is 14.4 Å². The maximum atomic E-state index is 14.9. The number of amides is 1. The Morgan fingerprint density at radius 2 is 1.91 bits per heavy atom. The Bertz CT molecular complexity index is 1680. The van der Waals surface area contributed by atoms with E-state index in [-0.39, 0.29) is 17.2 Å². The van der Waals surface area contributed by atoms with Gasteiger partial charge in [-0.3, -0.25) is 9.20 Å². The number of hydrogen-bond acceptors (Lipinski definition) is 9. The van der Waals surface area contributed by atoms with Crippen LogP contribution in [0.1, 0.15) is 10.4 Å². The Hall–Kier alpha value is -4.64. The lowest BCUT2D eigenvalue weighted by molar-refractivity contribution is -0.108. The maximum absolute atomic E-state index is 14.9. The van der Waals surface area contributed by atoms with Crippen molar-refractivity contribution in [2.45, 2.75) is 0 Å². The summed E-state index contributed by atoms with van der Waals surface area (Å²) in [6, 6.07) is 9.36. The number of aldehydes is 1.